The van der Waals surface area contributed by atoms with Crippen LogP contribution in [0.25, 0.3) is 0 Å². The van der Waals surface area contributed by atoms with Crippen LogP contribution in [-0.4, -0.2) is 40.0 Å². The Balaban J connectivity index is 2.60. The van der Waals surface area contributed by atoms with Crippen molar-refractivity contribution >= 4 is 40.1 Å². The third-order valence-electron chi connectivity index (χ3n) is 1.97. The van der Waals surface area contributed by atoms with Gasteiger partial charge in [0.25, 0.3) is 5.91 Å². The highest BCUT2D eigenvalue weighted by Crippen LogP contribution is 2.11. The van der Waals surface area contributed by atoms with Gasteiger partial charge < -0.3 is 16.2 Å². The lowest BCUT2D eigenvalue weighted by molar-refractivity contribution is -0.139. The number of carbonyl (C=O) groups is 2. The van der Waals surface area contributed by atoms with Gasteiger partial charge in [0.2, 0.25) is 0 Å². The van der Waals surface area contributed by atoms with E-state index in [1.807, 2.05) is 6.26 Å². The lowest BCUT2D eigenvalue weighted by Crippen LogP contribution is -2.41. The minimum Gasteiger partial charge on any atom is -0.480 e. The molecule has 0 saturated carbocycles. The number of carboxylic acids is 1. The summed E-state index contributed by atoms with van der Waals surface area (Å²) >= 11 is 2.67. The average molecular weight is 275 g/mol. The van der Waals surface area contributed by atoms with Crippen LogP contribution in [0.5, 0.6) is 0 Å². The zero-order valence-corrected chi connectivity index (χ0v) is 10.8. The van der Waals surface area contributed by atoms with Crippen LogP contribution in [0.4, 0.5) is 5.13 Å². The van der Waals surface area contributed by atoms with Crippen molar-refractivity contribution in [1.82, 2.24) is 10.3 Å². The molecule has 6 nitrogen and oxygen atoms in total. The number of thioether (sulfide) groups is 1. The number of aliphatic carboxylic acids is 1. The zero-order valence-electron chi connectivity index (χ0n) is 9.17. The van der Waals surface area contributed by atoms with E-state index in [1.54, 1.807) is 0 Å². The van der Waals surface area contributed by atoms with E-state index in [2.05, 4.69) is 10.3 Å². The Hall–Kier alpha value is -1.28. The number of amides is 1. The smallest absolute Gasteiger partial charge is 0.326 e. The highest BCUT2D eigenvalue weighted by Gasteiger charge is 2.21. The second-order valence-electron chi connectivity index (χ2n) is 3.22. The summed E-state index contributed by atoms with van der Waals surface area (Å²) in [5.41, 5.74) is 5.55. The molecule has 1 heterocycles. The van der Waals surface area contributed by atoms with Crippen LogP contribution in [0, 0.1) is 0 Å². The van der Waals surface area contributed by atoms with Gasteiger partial charge in [-0.25, -0.2) is 9.78 Å². The lowest BCUT2D eigenvalue weighted by Gasteiger charge is -2.12. The summed E-state index contributed by atoms with van der Waals surface area (Å²) in [6.45, 7) is 0. The lowest BCUT2D eigenvalue weighted by atomic mass is 10.2. The second-order valence-corrected chi connectivity index (χ2v) is 5.09. The number of anilines is 1. The first-order valence-electron chi connectivity index (χ1n) is 4.78. The minimum atomic E-state index is -1.05. The number of rotatable bonds is 6. The first-order chi connectivity index (χ1) is 8.04. The topological polar surface area (TPSA) is 105 Å². The van der Waals surface area contributed by atoms with Gasteiger partial charge in [0.1, 0.15) is 11.7 Å². The van der Waals surface area contributed by atoms with Gasteiger partial charge in [-0.2, -0.15) is 11.8 Å². The maximum absolute atomic E-state index is 11.6. The van der Waals surface area contributed by atoms with Gasteiger partial charge in [-0.3, -0.25) is 4.79 Å². The number of thiazole rings is 1. The molecule has 0 spiro atoms. The van der Waals surface area contributed by atoms with Crippen LogP contribution in [0.1, 0.15) is 16.9 Å². The number of hydrogen-bond donors (Lipinski definition) is 3. The number of nitrogens with one attached hydrogen (secondary N) is 1. The van der Waals surface area contributed by atoms with Crippen molar-refractivity contribution in [1.29, 1.82) is 0 Å². The summed E-state index contributed by atoms with van der Waals surface area (Å²) in [4.78, 5) is 26.3. The largest absolute Gasteiger partial charge is 0.480 e. The number of nitrogens with zero attached hydrogens (tertiary/aromatic N) is 1. The molecule has 1 rings (SSSR count). The van der Waals surface area contributed by atoms with Gasteiger partial charge >= 0.3 is 5.97 Å². The van der Waals surface area contributed by atoms with Crippen LogP contribution in [0.2, 0.25) is 0 Å². The second kappa shape index (κ2) is 6.45. The summed E-state index contributed by atoms with van der Waals surface area (Å²) in [5, 5.41) is 13.1. The Labute approximate surface area is 107 Å². The van der Waals surface area contributed by atoms with E-state index in [0.29, 0.717) is 12.2 Å². The van der Waals surface area contributed by atoms with E-state index in [0.717, 1.165) is 11.3 Å². The maximum atomic E-state index is 11.6. The number of nitrogens with two attached hydrogens (primary N) is 1. The van der Waals surface area contributed by atoms with E-state index in [9.17, 15) is 9.59 Å². The fourth-order valence-corrected chi connectivity index (χ4v) is 2.13. The molecule has 1 amide bonds. The van der Waals surface area contributed by atoms with Gasteiger partial charge in [0, 0.05) is 5.38 Å². The predicted molar refractivity (Wildman–Crippen MR) is 68.4 cm³/mol. The molecular formula is C9H13N3O3S2. The van der Waals surface area contributed by atoms with Crippen molar-refractivity contribution < 1.29 is 14.7 Å². The van der Waals surface area contributed by atoms with Crippen LogP contribution in [-0.2, 0) is 4.79 Å². The molecule has 1 aromatic heterocycles. The van der Waals surface area contributed by atoms with Crippen molar-refractivity contribution in [3.63, 3.8) is 0 Å². The van der Waals surface area contributed by atoms with Gasteiger partial charge in [0.15, 0.2) is 5.13 Å². The number of aromatic nitrogens is 1. The van der Waals surface area contributed by atoms with E-state index in [4.69, 9.17) is 10.8 Å². The van der Waals surface area contributed by atoms with Crippen LogP contribution in [0.15, 0.2) is 5.38 Å². The molecule has 1 aromatic rings. The Kier molecular flexibility index (Phi) is 5.23. The first kappa shape index (κ1) is 13.8. The fraction of sp³-hybridized carbons (Fsp3) is 0.444. The number of carboxylic acid groups (broad SMARTS) is 1. The number of carbonyl (C=O) groups excluding carboxylic acids is 1. The van der Waals surface area contributed by atoms with E-state index in [1.165, 1.54) is 17.1 Å². The van der Waals surface area contributed by atoms with Gasteiger partial charge in [0.05, 0.1) is 0 Å². The van der Waals surface area contributed by atoms with Crippen molar-refractivity contribution in [2.45, 2.75) is 12.5 Å². The molecule has 0 saturated heterocycles. The molecule has 1 atom stereocenters. The summed E-state index contributed by atoms with van der Waals surface area (Å²) in [5.74, 6) is -0.891. The molecule has 0 aromatic carbocycles. The molecule has 4 N–H and O–H groups in total. The Morgan fingerprint density at radius 2 is 2.41 bits per heavy atom. The predicted octanol–water partition coefficient (Wildman–Crippen LogP) is 0.661. The zero-order chi connectivity index (χ0) is 12.8. The van der Waals surface area contributed by atoms with Crippen LogP contribution < -0.4 is 11.1 Å². The molecule has 8 heteroatoms. The van der Waals surface area contributed by atoms with Crippen LogP contribution in [0.3, 0.4) is 0 Å². The molecule has 0 aliphatic heterocycles. The standard InChI is InChI=1S/C9H13N3O3S2/c1-16-3-2-5(8(14)15)11-7(13)6-4-17-9(10)12-6/h4-5H,2-3H2,1H3,(H2,10,12)(H,11,13)(H,14,15)/t5-/m1/s1. The minimum absolute atomic E-state index is 0.155. The first-order valence-corrected chi connectivity index (χ1v) is 7.05. The molecule has 17 heavy (non-hydrogen) atoms. The van der Waals surface area contributed by atoms with E-state index >= 15 is 0 Å². The summed E-state index contributed by atoms with van der Waals surface area (Å²) in [7, 11) is 0. The Morgan fingerprint density at radius 3 is 2.88 bits per heavy atom. The summed E-state index contributed by atoms with van der Waals surface area (Å²) < 4.78 is 0. The van der Waals surface area contributed by atoms with Gasteiger partial charge in [-0.15, -0.1) is 11.3 Å². The van der Waals surface area contributed by atoms with Crippen molar-refractivity contribution in [3.05, 3.63) is 11.1 Å². The van der Waals surface area contributed by atoms with Gasteiger partial charge in [-0.1, -0.05) is 0 Å². The summed E-state index contributed by atoms with van der Waals surface area (Å²) in [6.07, 6.45) is 2.25. The third kappa shape index (κ3) is 4.23. The molecule has 0 aliphatic rings. The molecular weight excluding hydrogens is 262 g/mol. The molecule has 0 radical (unpaired) electrons. The molecule has 94 valence electrons. The Morgan fingerprint density at radius 1 is 1.71 bits per heavy atom. The normalized spacial score (nSPS) is 12.1. The van der Waals surface area contributed by atoms with E-state index in [-0.39, 0.29) is 10.8 Å². The Bertz CT molecular complexity index is 408. The quantitative estimate of drug-likeness (QED) is 0.704. The molecule has 0 unspecified atom stereocenters. The fourth-order valence-electron chi connectivity index (χ4n) is 1.12. The highest BCUT2D eigenvalue weighted by molar-refractivity contribution is 7.98. The summed E-state index contributed by atoms with van der Waals surface area (Å²) in [6, 6.07) is -0.891. The molecule has 0 bridgehead atoms. The van der Waals surface area contributed by atoms with Crippen LogP contribution >= 0.6 is 23.1 Å². The molecule has 0 aliphatic carbocycles. The van der Waals surface area contributed by atoms with Crippen molar-refractivity contribution in [3.8, 4) is 0 Å². The maximum Gasteiger partial charge on any atom is 0.326 e. The molecule has 0 fully saturated rings. The monoisotopic (exact) mass is 275 g/mol. The highest BCUT2D eigenvalue weighted by atomic mass is 32.2. The van der Waals surface area contributed by atoms with E-state index < -0.39 is 17.9 Å². The average Bonchev–Trinajstić information content (AvgIpc) is 2.70. The third-order valence-corrected chi connectivity index (χ3v) is 3.29. The van der Waals surface area contributed by atoms with Crippen molar-refractivity contribution in [2.75, 3.05) is 17.7 Å². The van der Waals surface area contributed by atoms with Crippen molar-refractivity contribution in [2.24, 2.45) is 0 Å². The number of nitrogen functional groups attached to an aromatic ring is 1. The SMILES string of the molecule is CSCC[C@@H](NC(=O)c1csc(N)n1)C(=O)O. The number of hydrogen-bond acceptors (Lipinski definition) is 6. The van der Waals surface area contributed by atoms with Gasteiger partial charge in [-0.05, 0) is 18.4 Å².